The van der Waals surface area contributed by atoms with Crippen LogP contribution < -0.4 is 34.3 Å². The molecule has 2 aromatic heterocycles. The van der Waals surface area contributed by atoms with Gasteiger partial charge < -0.3 is 20.6 Å². The number of hydrogen-bond donors (Lipinski definition) is 1. The first kappa shape index (κ1) is 25.3. The summed E-state index contributed by atoms with van der Waals surface area (Å²) >= 11 is 0. The molecule has 9 heteroatoms. The van der Waals surface area contributed by atoms with E-state index in [1.165, 1.54) is 0 Å². The number of hydrogen-bond acceptors (Lipinski definition) is 6. The number of nitrogens with zero attached hydrogens (tertiary/aromatic N) is 2. The van der Waals surface area contributed by atoms with Crippen molar-refractivity contribution in [1.29, 1.82) is 0 Å². The molecule has 168 valence electrons. The van der Waals surface area contributed by atoms with Crippen molar-refractivity contribution in [2.24, 2.45) is 5.92 Å². The molecule has 0 spiro atoms. The molecule has 32 heavy (non-hydrogen) atoms. The second-order valence-electron chi connectivity index (χ2n) is 7.85. The van der Waals surface area contributed by atoms with E-state index in [1.54, 1.807) is 6.20 Å². The van der Waals surface area contributed by atoms with Crippen molar-refractivity contribution in [3.63, 3.8) is 0 Å². The molecule has 0 bridgehead atoms. The average Bonchev–Trinajstić information content (AvgIpc) is 3.25. The molecule has 7 nitrogen and oxygen atoms in total. The van der Waals surface area contributed by atoms with E-state index in [9.17, 15) is 4.21 Å². The SMILES string of the molecule is CCC1(CC)OCC(COc2ccnc(CS(=O)c3nc4ccccc4[nH]3)c2C)CO1.[H-].[Na+]. The van der Waals surface area contributed by atoms with Gasteiger partial charge in [-0.15, -0.1) is 0 Å². The minimum absolute atomic E-state index is 0. The molecule has 4 rings (SSSR count). The molecule has 1 atom stereocenters. The number of ether oxygens (including phenoxy) is 3. The topological polar surface area (TPSA) is 86.3 Å². The van der Waals surface area contributed by atoms with E-state index in [-0.39, 0.29) is 42.7 Å². The number of aromatic nitrogens is 3. The number of fused-ring (bicyclic) bond motifs is 1. The predicted molar refractivity (Wildman–Crippen MR) is 120 cm³/mol. The Balaban J connectivity index is 0.00000193. The van der Waals surface area contributed by atoms with Crippen molar-refractivity contribution < 1.29 is 49.4 Å². The van der Waals surface area contributed by atoms with Crippen LogP contribution in [0.5, 0.6) is 5.75 Å². The van der Waals surface area contributed by atoms with Gasteiger partial charge in [0.2, 0.25) is 0 Å². The van der Waals surface area contributed by atoms with Crippen LogP contribution in [0.15, 0.2) is 41.7 Å². The van der Waals surface area contributed by atoms with Gasteiger partial charge in [0.1, 0.15) is 5.75 Å². The molecule has 1 aromatic carbocycles. The summed E-state index contributed by atoms with van der Waals surface area (Å²) < 4.78 is 30.9. The third-order valence-electron chi connectivity index (χ3n) is 5.83. The minimum Gasteiger partial charge on any atom is -1.00 e. The molecule has 1 unspecified atom stereocenters. The number of nitrogens with one attached hydrogen (secondary N) is 1. The van der Waals surface area contributed by atoms with E-state index in [0.717, 1.165) is 40.9 Å². The summed E-state index contributed by atoms with van der Waals surface area (Å²) in [4.78, 5) is 12.0. The second-order valence-corrected chi connectivity index (χ2v) is 9.21. The van der Waals surface area contributed by atoms with Crippen LogP contribution in [-0.4, -0.2) is 44.8 Å². The number of H-pyrrole nitrogens is 1. The van der Waals surface area contributed by atoms with Gasteiger partial charge in [-0.1, -0.05) is 26.0 Å². The standard InChI is InChI=1S/C23H29N3O4S.Na.H/c1-4-23(5-2)29-13-17(14-30-23)12-28-21-10-11-24-20(16(21)3)15-31(27)22-25-18-8-6-7-9-19(18)26-22;;/h6-11,17H,4-5,12-15H2,1-3H3,(H,25,26);;/q;+1;-1. The van der Waals surface area contributed by atoms with E-state index >= 15 is 0 Å². The van der Waals surface area contributed by atoms with Crippen LogP contribution >= 0.6 is 0 Å². The molecular weight excluding hydrogens is 437 g/mol. The van der Waals surface area contributed by atoms with Crippen LogP contribution in [0.4, 0.5) is 0 Å². The van der Waals surface area contributed by atoms with Crippen molar-refractivity contribution in [1.82, 2.24) is 15.0 Å². The number of pyridine rings is 1. The Morgan fingerprint density at radius 1 is 1.22 bits per heavy atom. The monoisotopic (exact) mass is 467 g/mol. The number of aromatic amines is 1. The predicted octanol–water partition coefficient (Wildman–Crippen LogP) is 1.25. The van der Waals surface area contributed by atoms with Gasteiger partial charge in [-0.2, -0.15) is 0 Å². The average molecular weight is 468 g/mol. The quantitative estimate of drug-likeness (QED) is 0.502. The molecule has 1 fully saturated rings. The Kier molecular flexibility index (Phi) is 8.89. The van der Waals surface area contributed by atoms with Gasteiger partial charge in [0.25, 0.3) is 0 Å². The summed E-state index contributed by atoms with van der Waals surface area (Å²) in [5, 5.41) is 0.459. The minimum atomic E-state index is -1.33. The fraction of sp³-hybridized carbons (Fsp3) is 0.478. The Bertz CT molecular complexity index is 1030. The van der Waals surface area contributed by atoms with E-state index in [0.29, 0.717) is 25.0 Å². The molecule has 1 aliphatic rings. The van der Waals surface area contributed by atoms with Gasteiger partial charge in [-0.3, -0.25) is 9.19 Å². The van der Waals surface area contributed by atoms with E-state index in [1.807, 2.05) is 37.3 Å². The van der Waals surface area contributed by atoms with Gasteiger partial charge in [-0.25, -0.2) is 4.98 Å². The van der Waals surface area contributed by atoms with Crippen molar-refractivity contribution in [3.8, 4) is 5.75 Å². The first-order chi connectivity index (χ1) is 15.0. The van der Waals surface area contributed by atoms with Crippen molar-refractivity contribution in [2.45, 2.75) is 50.3 Å². The van der Waals surface area contributed by atoms with E-state index in [4.69, 9.17) is 14.2 Å². The Morgan fingerprint density at radius 3 is 2.62 bits per heavy atom. The maximum absolute atomic E-state index is 12.9. The van der Waals surface area contributed by atoms with Crippen LogP contribution in [0.3, 0.4) is 0 Å². The molecule has 1 N–H and O–H groups in total. The summed E-state index contributed by atoms with van der Waals surface area (Å²) in [5.74, 6) is 0.742. The van der Waals surface area contributed by atoms with Crippen LogP contribution in [-0.2, 0) is 26.0 Å². The van der Waals surface area contributed by atoms with Crippen molar-refractivity contribution >= 4 is 21.8 Å². The molecular formula is C23H30N3NaO4S. The summed E-state index contributed by atoms with van der Waals surface area (Å²) in [7, 11) is -1.33. The Morgan fingerprint density at radius 2 is 1.94 bits per heavy atom. The van der Waals surface area contributed by atoms with Crippen LogP contribution in [0, 0.1) is 12.8 Å². The number of rotatable bonds is 8. The number of imidazole rings is 1. The summed E-state index contributed by atoms with van der Waals surface area (Å²) in [6.45, 7) is 7.85. The van der Waals surface area contributed by atoms with Crippen LogP contribution in [0.2, 0.25) is 0 Å². The van der Waals surface area contributed by atoms with Gasteiger partial charge in [-0.05, 0) is 38.0 Å². The molecule has 1 saturated heterocycles. The van der Waals surface area contributed by atoms with Gasteiger partial charge in [0.05, 0.1) is 53.1 Å². The first-order valence-electron chi connectivity index (χ1n) is 10.7. The third-order valence-corrected chi connectivity index (χ3v) is 6.99. The normalized spacial score (nSPS) is 17.1. The first-order valence-corrected chi connectivity index (χ1v) is 12.0. The van der Waals surface area contributed by atoms with Gasteiger partial charge in [0.15, 0.2) is 10.9 Å². The van der Waals surface area contributed by atoms with Crippen molar-refractivity contribution in [2.75, 3.05) is 19.8 Å². The molecule has 0 saturated carbocycles. The summed E-state index contributed by atoms with van der Waals surface area (Å²) in [6, 6.07) is 9.50. The maximum atomic E-state index is 12.9. The number of para-hydroxylation sites is 2. The Labute approximate surface area is 214 Å². The second kappa shape index (κ2) is 11.2. The molecule has 0 radical (unpaired) electrons. The zero-order valence-corrected chi connectivity index (χ0v) is 22.0. The molecule has 3 aromatic rings. The van der Waals surface area contributed by atoms with Gasteiger partial charge in [0, 0.05) is 17.7 Å². The largest absolute Gasteiger partial charge is 1.00 e. The van der Waals surface area contributed by atoms with E-state index < -0.39 is 16.6 Å². The smallest absolute Gasteiger partial charge is 1.00 e. The maximum Gasteiger partial charge on any atom is 1.00 e. The van der Waals surface area contributed by atoms with E-state index in [2.05, 4.69) is 28.8 Å². The summed E-state index contributed by atoms with van der Waals surface area (Å²) in [6.07, 6.45) is 3.37. The fourth-order valence-electron chi connectivity index (χ4n) is 3.68. The van der Waals surface area contributed by atoms with Crippen molar-refractivity contribution in [3.05, 3.63) is 47.8 Å². The summed E-state index contributed by atoms with van der Waals surface area (Å²) in [5.41, 5.74) is 3.31. The fourth-order valence-corrected chi connectivity index (χ4v) is 4.78. The Hall–Kier alpha value is -1.29. The zero-order chi connectivity index (χ0) is 21.8. The van der Waals surface area contributed by atoms with Crippen LogP contribution in [0.25, 0.3) is 11.0 Å². The zero-order valence-electron chi connectivity index (χ0n) is 20.2. The molecule has 3 heterocycles. The number of benzene rings is 1. The molecule has 0 aliphatic carbocycles. The molecule has 0 amide bonds. The van der Waals surface area contributed by atoms with Gasteiger partial charge >= 0.3 is 29.6 Å². The molecule has 1 aliphatic heterocycles. The van der Waals surface area contributed by atoms with Crippen LogP contribution in [0.1, 0.15) is 39.4 Å². The third kappa shape index (κ3) is 5.61.